The number of ether oxygens (including phenoxy) is 2. The standard InChI is InChI=1S/C17H25N3O6S.ClH/c1-11(17(22)19-9-12-8-18-10-14(12)21)20-27(23,24)13-3-4-15-16(7-13)26-6-2-5-25-15;/h3-4,7,11-12,14,18,20-21H,2,5-6,8-10H2,1H3,(H,19,22);1H. The van der Waals surface area contributed by atoms with Gasteiger partial charge >= 0.3 is 0 Å². The minimum atomic E-state index is -3.91. The van der Waals surface area contributed by atoms with Gasteiger partial charge < -0.3 is 25.2 Å². The molecule has 2 aliphatic heterocycles. The van der Waals surface area contributed by atoms with Crippen molar-refractivity contribution < 1.29 is 27.8 Å². The third-order valence-electron chi connectivity index (χ3n) is 4.60. The highest BCUT2D eigenvalue weighted by Crippen LogP contribution is 2.31. The minimum Gasteiger partial charge on any atom is -0.490 e. The van der Waals surface area contributed by atoms with Gasteiger partial charge in [0.25, 0.3) is 0 Å². The van der Waals surface area contributed by atoms with E-state index in [4.69, 9.17) is 9.47 Å². The second-order valence-electron chi connectivity index (χ2n) is 6.73. The molecule has 0 spiro atoms. The predicted octanol–water partition coefficient (Wildman–Crippen LogP) is -0.367. The van der Waals surface area contributed by atoms with E-state index in [2.05, 4.69) is 15.4 Å². The number of rotatable bonds is 6. The maximum Gasteiger partial charge on any atom is 0.241 e. The van der Waals surface area contributed by atoms with Crippen LogP contribution >= 0.6 is 12.4 Å². The van der Waals surface area contributed by atoms with Crippen molar-refractivity contribution in [2.75, 3.05) is 32.8 Å². The van der Waals surface area contributed by atoms with E-state index in [1.807, 2.05) is 0 Å². The molecule has 0 aliphatic carbocycles. The highest BCUT2D eigenvalue weighted by molar-refractivity contribution is 7.89. The molecule has 28 heavy (non-hydrogen) atoms. The molecule has 158 valence electrons. The SMILES string of the molecule is CC(NS(=O)(=O)c1ccc2c(c1)OCCCO2)C(=O)NCC1CNCC1O.Cl. The lowest BCUT2D eigenvalue weighted by Gasteiger charge is -2.18. The fourth-order valence-electron chi connectivity index (χ4n) is 2.98. The molecule has 1 aromatic carbocycles. The van der Waals surface area contributed by atoms with E-state index in [0.717, 1.165) is 6.42 Å². The van der Waals surface area contributed by atoms with Crippen LogP contribution in [0.1, 0.15) is 13.3 Å². The van der Waals surface area contributed by atoms with Gasteiger partial charge in [-0.25, -0.2) is 8.42 Å². The molecule has 3 atom stereocenters. The molecular weight excluding hydrogens is 410 g/mol. The number of carbonyl (C=O) groups is 1. The van der Waals surface area contributed by atoms with Crippen molar-refractivity contribution in [3.8, 4) is 11.5 Å². The number of aliphatic hydroxyl groups excluding tert-OH is 1. The predicted molar refractivity (Wildman–Crippen MR) is 104 cm³/mol. The summed E-state index contributed by atoms with van der Waals surface area (Å²) >= 11 is 0. The number of amides is 1. The number of fused-ring (bicyclic) bond motifs is 1. The smallest absolute Gasteiger partial charge is 0.241 e. The van der Waals surface area contributed by atoms with Crippen LogP contribution in [-0.4, -0.2) is 64.4 Å². The molecule has 1 fully saturated rings. The van der Waals surface area contributed by atoms with Gasteiger partial charge in [-0.05, 0) is 19.1 Å². The first kappa shape index (κ1) is 22.7. The summed E-state index contributed by atoms with van der Waals surface area (Å²) in [5, 5.41) is 15.5. The fraction of sp³-hybridized carbons (Fsp3) is 0.588. The number of carbonyl (C=O) groups excluding carboxylic acids is 1. The molecule has 3 rings (SSSR count). The average molecular weight is 436 g/mol. The van der Waals surface area contributed by atoms with Crippen LogP contribution in [0, 0.1) is 5.92 Å². The Kier molecular flexibility index (Phi) is 7.90. The van der Waals surface area contributed by atoms with Crippen LogP contribution < -0.4 is 24.8 Å². The largest absolute Gasteiger partial charge is 0.490 e. The van der Waals surface area contributed by atoms with E-state index in [-0.39, 0.29) is 29.8 Å². The Labute approximate surface area is 170 Å². The lowest BCUT2D eigenvalue weighted by Crippen LogP contribution is -2.46. The number of aliphatic hydroxyl groups is 1. The molecular formula is C17H26ClN3O6S. The monoisotopic (exact) mass is 435 g/mol. The highest BCUT2D eigenvalue weighted by atomic mass is 35.5. The number of hydrogen-bond acceptors (Lipinski definition) is 7. The Morgan fingerprint density at radius 2 is 2.00 bits per heavy atom. The normalized spacial score (nSPS) is 22.6. The van der Waals surface area contributed by atoms with Gasteiger partial charge in [0, 0.05) is 38.0 Å². The van der Waals surface area contributed by atoms with Gasteiger partial charge in [0.15, 0.2) is 11.5 Å². The minimum absolute atomic E-state index is 0. The van der Waals surface area contributed by atoms with Crippen molar-refractivity contribution in [3.63, 3.8) is 0 Å². The van der Waals surface area contributed by atoms with Crippen LogP contribution in [0.2, 0.25) is 0 Å². The topological polar surface area (TPSA) is 126 Å². The van der Waals surface area contributed by atoms with Gasteiger partial charge in [-0.15, -0.1) is 12.4 Å². The summed E-state index contributed by atoms with van der Waals surface area (Å²) in [6, 6.07) is 3.40. The molecule has 0 aromatic heterocycles. The van der Waals surface area contributed by atoms with E-state index in [1.165, 1.54) is 19.1 Å². The van der Waals surface area contributed by atoms with Gasteiger partial charge in [-0.1, -0.05) is 0 Å². The average Bonchev–Trinajstić information content (AvgIpc) is 2.90. The molecule has 3 unspecified atom stereocenters. The van der Waals surface area contributed by atoms with Crippen molar-refractivity contribution in [2.24, 2.45) is 5.92 Å². The summed E-state index contributed by atoms with van der Waals surface area (Å²) < 4.78 is 38.6. The summed E-state index contributed by atoms with van der Waals surface area (Å²) in [7, 11) is -3.91. The van der Waals surface area contributed by atoms with Gasteiger partial charge in [-0.2, -0.15) is 4.72 Å². The first-order valence-electron chi connectivity index (χ1n) is 8.95. The third-order valence-corrected chi connectivity index (χ3v) is 6.14. The Balaban J connectivity index is 0.00000280. The van der Waals surface area contributed by atoms with E-state index in [9.17, 15) is 18.3 Å². The van der Waals surface area contributed by atoms with Gasteiger partial charge in [-0.3, -0.25) is 4.79 Å². The maximum absolute atomic E-state index is 12.6. The van der Waals surface area contributed by atoms with E-state index in [0.29, 0.717) is 37.8 Å². The number of nitrogens with one attached hydrogen (secondary N) is 3. The molecule has 1 saturated heterocycles. The van der Waals surface area contributed by atoms with Crippen LogP contribution in [0.25, 0.3) is 0 Å². The fourth-order valence-corrected chi connectivity index (χ4v) is 4.20. The Morgan fingerprint density at radius 3 is 2.68 bits per heavy atom. The zero-order chi connectivity index (χ0) is 19.4. The van der Waals surface area contributed by atoms with Gasteiger partial charge in [0.1, 0.15) is 0 Å². The van der Waals surface area contributed by atoms with Crippen molar-refractivity contribution in [1.29, 1.82) is 0 Å². The maximum atomic E-state index is 12.6. The molecule has 0 saturated carbocycles. The van der Waals surface area contributed by atoms with Crippen molar-refractivity contribution in [3.05, 3.63) is 18.2 Å². The molecule has 2 aliphatic rings. The van der Waals surface area contributed by atoms with Crippen molar-refractivity contribution >= 4 is 28.3 Å². The molecule has 1 amide bonds. The Bertz CT molecular complexity index is 791. The molecule has 9 nitrogen and oxygen atoms in total. The van der Waals surface area contributed by atoms with Crippen LogP contribution in [0.3, 0.4) is 0 Å². The number of sulfonamides is 1. The van der Waals surface area contributed by atoms with Crippen LogP contribution in [0.4, 0.5) is 0 Å². The molecule has 2 heterocycles. The number of halogens is 1. The first-order valence-corrected chi connectivity index (χ1v) is 10.4. The van der Waals surface area contributed by atoms with E-state index < -0.39 is 28.1 Å². The van der Waals surface area contributed by atoms with Crippen LogP contribution in [-0.2, 0) is 14.8 Å². The third kappa shape index (κ3) is 5.48. The van der Waals surface area contributed by atoms with Crippen LogP contribution in [0.15, 0.2) is 23.1 Å². The summed E-state index contributed by atoms with van der Waals surface area (Å²) in [6.07, 6.45) is 0.205. The van der Waals surface area contributed by atoms with Crippen LogP contribution in [0.5, 0.6) is 11.5 Å². The van der Waals surface area contributed by atoms with Crippen molar-refractivity contribution in [2.45, 2.75) is 30.4 Å². The summed E-state index contributed by atoms with van der Waals surface area (Å²) in [5.41, 5.74) is 0. The number of β-amino-alcohol motifs (C(OH)–C–C–N with tert-alkyl or cyclic N) is 1. The Morgan fingerprint density at radius 1 is 1.29 bits per heavy atom. The zero-order valence-corrected chi connectivity index (χ0v) is 17.1. The quantitative estimate of drug-likeness (QED) is 0.480. The summed E-state index contributed by atoms with van der Waals surface area (Å²) in [6.45, 7) is 3.82. The molecule has 4 N–H and O–H groups in total. The molecule has 0 radical (unpaired) electrons. The molecule has 11 heteroatoms. The lowest BCUT2D eigenvalue weighted by atomic mass is 10.1. The van der Waals surface area contributed by atoms with E-state index >= 15 is 0 Å². The zero-order valence-electron chi connectivity index (χ0n) is 15.5. The highest BCUT2D eigenvalue weighted by Gasteiger charge is 2.27. The number of benzene rings is 1. The Hall–Kier alpha value is -1.59. The van der Waals surface area contributed by atoms with Crippen molar-refractivity contribution in [1.82, 2.24) is 15.4 Å². The second kappa shape index (κ2) is 9.75. The van der Waals surface area contributed by atoms with Gasteiger partial charge in [0.05, 0.1) is 30.3 Å². The summed E-state index contributed by atoms with van der Waals surface area (Å²) in [4.78, 5) is 12.2. The first-order chi connectivity index (χ1) is 12.9. The van der Waals surface area contributed by atoms with Gasteiger partial charge in [0.2, 0.25) is 15.9 Å². The van der Waals surface area contributed by atoms with E-state index in [1.54, 1.807) is 6.07 Å². The molecule has 1 aromatic rings. The summed E-state index contributed by atoms with van der Waals surface area (Å²) in [5.74, 6) is 0.336. The molecule has 0 bridgehead atoms. The lowest BCUT2D eigenvalue weighted by molar-refractivity contribution is -0.122. The second-order valence-corrected chi connectivity index (χ2v) is 8.45. The number of hydrogen-bond donors (Lipinski definition) is 4.